The van der Waals surface area contributed by atoms with Crippen molar-refractivity contribution in [3.8, 4) is 28.5 Å². The Morgan fingerprint density at radius 3 is 2.58 bits per heavy atom. The zero-order valence-corrected chi connectivity index (χ0v) is 13.3. The van der Waals surface area contributed by atoms with E-state index in [0.717, 1.165) is 27.9 Å². The lowest BCUT2D eigenvalue weighted by Gasteiger charge is -2.11. The summed E-state index contributed by atoms with van der Waals surface area (Å²) in [5.41, 5.74) is 5.46. The van der Waals surface area contributed by atoms with Gasteiger partial charge in [0.05, 0.1) is 11.3 Å². The Hall–Kier alpha value is -3.25. The van der Waals surface area contributed by atoms with Crippen LogP contribution in [0.4, 0.5) is 4.39 Å². The van der Waals surface area contributed by atoms with E-state index >= 15 is 0 Å². The molecular weight excluding hydrogens is 299 g/mol. The Kier molecular flexibility index (Phi) is 4.22. The van der Waals surface area contributed by atoms with E-state index in [0.29, 0.717) is 5.56 Å². The van der Waals surface area contributed by atoms with Gasteiger partial charge in [-0.1, -0.05) is 36.9 Å². The fourth-order valence-electron chi connectivity index (χ4n) is 2.69. The van der Waals surface area contributed by atoms with Gasteiger partial charge >= 0.3 is 0 Å². The van der Waals surface area contributed by atoms with Crippen LogP contribution in [0.25, 0.3) is 28.5 Å². The van der Waals surface area contributed by atoms with Crippen LogP contribution in [0.5, 0.6) is 0 Å². The van der Waals surface area contributed by atoms with Gasteiger partial charge in [0.1, 0.15) is 11.9 Å². The third-order valence-electron chi connectivity index (χ3n) is 3.97. The van der Waals surface area contributed by atoms with Crippen LogP contribution in [0, 0.1) is 24.1 Å². The Labute approximate surface area is 140 Å². The van der Waals surface area contributed by atoms with Gasteiger partial charge in [-0.3, -0.25) is 4.98 Å². The first-order valence-corrected chi connectivity index (χ1v) is 7.52. The van der Waals surface area contributed by atoms with Crippen molar-refractivity contribution in [2.45, 2.75) is 6.92 Å². The van der Waals surface area contributed by atoms with Crippen molar-refractivity contribution in [3.05, 3.63) is 83.8 Å². The smallest absolute Gasteiger partial charge is 0.141 e. The quantitative estimate of drug-likeness (QED) is 0.651. The lowest BCUT2D eigenvalue weighted by Crippen LogP contribution is -1.92. The summed E-state index contributed by atoms with van der Waals surface area (Å²) in [5.74, 6) is -0.525. The molecule has 0 atom stereocenters. The number of hydrogen-bond donors (Lipinski definition) is 0. The summed E-state index contributed by atoms with van der Waals surface area (Å²) in [6.07, 6.45) is 3.53. The molecule has 3 heteroatoms. The summed E-state index contributed by atoms with van der Waals surface area (Å²) >= 11 is 0. The van der Waals surface area contributed by atoms with Gasteiger partial charge < -0.3 is 0 Å². The molecular formula is C21H15FN2. The van der Waals surface area contributed by atoms with Gasteiger partial charge in [0.2, 0.25) is 0 Å². The van der Waals surface area contributed by atoms with Crippen molar-refractivity contribution < 1.29 is 4.39 Å². The lowest BCUT2D eigenvalue weighted by molar-refractivity contribution is 0.624. The minimum Gasteiger partial charge on any atom is -0.256 e. The van der Waals surface area contributed by atoms with Gasteiger partial charge in [-0.25, -0.2) is 4.39 Å². The number of nitriles is 1. The average Bonchev–Trinajstić information content (AvgIpc) is 2.61. The first kappa shape index (κ1) is 15.6. The molecule has 0 aliphatic carbocycles. The summed E-state index contributed by atoms with van der Waals surface area (Å²) in [7, 11) is 0. The van der Waals surface area contributed by atoms with Gasteiger partial charge in [-0.2, -0.15) is 5.26 Å². The molecule has 0 unspecified atom stereocenters. The third kappa shape index (κ3) is 2.82. The molecule has 116 valence electrons. The molecule has 0 fully saturated rings. The Balaban J connectivity index is 2.15. The van der Waals surface area contributed by atoms with Gasteiger partial charge in [0.15, 0.2) is 0 Å². The summed E-state index contributed by atoms with van der Waals surface area (Å²) in [6, 6.07) is 16.2. The minimum absolute atomic E-state index is 0.0374. The second-order valence-electron chi connectivity index (χ2n) is 5.48. The highest BCUT2D eigenvalue weighted by atomic mass is 19.1. The molecule has 1 aromatic heterocycles. The minimum atomic E-state index is -0.525. The fourth-order valence-corrected chi connectivity index (χ4v) is 2.69. The SMILES string of the molecule is C=Cc1ccc(-c2ncccc2-c2ccc(C#N)c(F)c2)cc1C. The highest BCUT2D eigenvalue weighted by molar-refractivity contribution is 5.81. The molecule has 0 aliphatic rings. The van der Waals surface area contributed by atoms with Crippen molar-refractivity contribution >= 4 is 6.08 Å². The molecule has 3 rings (SSSR count). The van der Waals surface area contributed by atoms with E-state index in [2.05, 4.69) is 11.6 Å². The van der Waals surface area contributed by atoms with Crippen LogP contribution in [-0.4, -0.2) is 4.98 Å². The highest BCUT2D eigenvalue weighted by Crippen LogP contribution is 2.32. The summed E-state index contributed by atoms with van der Waals surface area (Å²) < 4.78 is 14.0. The molecule has 0 aliphatic heterocycles. The molecule has 3 aromatic rings. The number of halogens is 1. The van der Waals surface area contributed by atoms with Gasteiger partial charge in [0.25, 0.3) is 0 Å². The van der Waals surface area contributed by atoms with Crippen LogP contribution in [0.3, 0.4) is 0 Å². The first-order valence-electron chi connectivity index (χ1n) is 7.52. The molecule has 0 N–H and O–H groups in total. The lowest BCUT2D eigenvalue weighted by atomic mass is 9.96. The van der Waals surface area contributed by atoms with E-state index in [4.69, 9.17) is 5.26 Å². The van der Waals surface area contributed by atoms with E-state index in [9.17, 15) is 4.39 Å². The van der Waals surface area contributed by atoms with Crippen LogP contribution in [-0.2, 0) is 0 Å². The van der Waals surface area contributed by atoms with E-state index in [1.54, 1.807) is 12.3 Å². The van der Waals surface area contributed by atoms with Crippen LogP contribution in [0.1, 0.15) is 16.7 Å². The molecule has 0 saturated carbocycles. The van der Waals surface area contributed by atoms with E-state index < -0.39 is 5.82 Å². The van der Waals surface area contributed by atoms with Crippen molar-refractivity contribution in [1.82, 2.24) is 4.98 Å². The number of aryl methyl sites for hydroxylation is 1. The second kappa shape index (κ2) is 6.47. The topological polar surface area (TPSA) is 36.7 Å². The van der Waals surface area contributed by atoms with Crippen LogP contribution in [0.2, 0.25) is 0 Å². The van der Waals surface area contributed by atoms with Crippen molar-refractivity contribution in [2.24, 2.45) is 0 Å². The Morgan fingerprint density at radius 1 is 1.12 bits per heavy atom. The number of benzene rings is 2. The molecule has 24 heavy (non-hydrogen) atoms. The van der Waals surface area contributed by atoms with E-state index in [1.165, 1.54) is 12.1 Å². The van der Waals surface area contributed by atoms with Crippen molar-refractivity contribution in [2.75, 3.05) is 0 Å². The maximum absolute atomic E-state index is 14.0. The Morgan fingerprint density at radius 2 is 1.92 bits per heavy atom. The van der Waals surface area contributed by atoms with Crippen molar-refractivity contribution in [1.29, 1.82) is 5.26 Å². The molecule has 2 aromatic carbocycles. The first-order chi connectivity index (χ1) is 11.6. The zero-order valence-electron chi connectivity index (χ0n) is 13.3. The van der Waals surface area contributed by atoms with E-state index in [1.807, 2.05) is 49.4 Å². The predicted octanol–water partition coefficient (Wildman–Crippen LogP) is 5.38. The number of nitrogens with zero attached hydrogens (tertiary/aromatic N) is 2. The average molecular weight is 314 g/mol. The molecule has 1 heterocycles. The standard InChI is InChI=1S/C21H15FN2/c1-3-15-6-8-17(11-14(15)2)21-19(5-4-10-24-21)16-7-9-18(13-23)20(22)12-16/h3-12H,1H2,2H3. The van der Waals surface area contributed by atoms with Crippen LogP contribution < -0.4 is 0 Å². The van der Waals surface area contributed by atoms with Gasteiger partial charge in [-0.15, -0.1) is 0 Å². The number of rotatable bonds is 3. The molecule has 0 bridgehead atoms. The molecule has 0 saturated heterocycles. The Bertz CT molecular complexity index is 968. The summed E-state index contributed by atoms with van der Waals surface area (Å²) in [5, 5.41) is 8.88. The molecule has 2 nitrogen and oxygen atoms in total. The number of aromatic nitrogens is 1. The van der Waals surface area contributed by atoms with Crippen molar-refractivity contribution in [3.63, 3.8) is 0 Å². The summed E-state index contributed by atoms with van der Waals surface area (Å²) in [4.78, 5) is 4.48. The van der Waals surface area contributed by atoms with Crippen LogP contribution in [0.15, 0.2) is 61.3 Å². The molecule has 0 amide bonds. The number of pyridine rings is 1. The largest absolute Gasteiger partial charge is 0.256 e. The van der Waals surface area contributed by atoms with Gasteiger partial charge in [-0.05, 0) is 47.9 Å². The molecule has 0 spiro atoms. The van der Waals surface area contributed by atoms with Gasteiger partial charge in [0, 0.05) is 17.3 Å². The third-order valence-corrected chi connectivity index (χ3v) is 3.97. The predicted molar refractivity (Wildman–Crippen MR) is 94.6 cm³/mol. The van der Waals surface area contributed by atoms with E-state index in [-0.39, 0.29) is 5.56 Å². The maximum atomic E-state index is 14.0. The highest BCUT2D eigenvalue weighted by Gasteiger charge is 2.11. The maximum Gasteiger partial charge on any atom is 0.141 e. The summed E-state index contributed by atoms with van der Waals surface area (Å²) in [6.45, 7) is 5.82. The normalized spacial score (nSPS) is 10.2. The monoisotopic (exact) mass is 314 g/mol. The zero-order chi connectivity index (χ0) is 17.1. The van der Waals surface area contributed by atoms with Crippen LogP contribution >= 0.6 is 0 Å². The fraction of sp³-hybridized carbons (Fsp3) is 0.0476. The number of hydrogen-bond acceptors (Lipinski definition) is 2. The second-order valence-corrected chi connectivity index (χ2v) is 5.48. The molecule has 0 radical (unpaired) electrons.